The molecule has 0 fully saturated rings. The largest absolute Gasteiger partial charge is 0.490 e. The lowest BCUT2D eigenvalue weighted by molar-refractivity contribution is 0.264. The highest BCUT2D eigenvalue weighted by molar-refractivity contribution is 5.45. The Morgan fingerprint density at radius 2 is 1.94 bits per heavy atom. The Kier molecular flexibility index (Phi) is 3.26. The second kappa shape index (κ2) is 4.67. The van der Waals surface area contributed by atoms with Crippen LogP contribution in [0.15, 0.2) is 12.1 Å². The predicted molar refractivity (Wildman–Crippen MR) is 56.0 cm³/mol. The van der Waals surface area contributed by atoms with Gasteiger partial charge < -0.3 is 20.3 Å². The molecule has 4 nitrogen and oxygen atoms in total. The fourth-order valence-electron chi connectivity index (χ4n) is 1.58. The van der Waals surface area contributed by atoms with E-state index < -0.39 is 11.9 Å². The molecule has 0 spiro atoms. The molecule has 1 aliphatic heterocycles. The molecule has 1 unspecified atom stereocenters. The van der Waals surface area contributed by atoms with Crippen LogP contribution >= 0.6 is 0 Å². The lowest BCUT2D eigenvalue weighted by atomic mass is 10.1. The van der Waals surface area contributed by atoms with Gasteiger partial charge in [0, 0.05) is 18.1 Å². The molecule has 0 amide bonds. The molecule has 16 heavy (non-hydrogen) atoms. The van der Waals surface area contributed by atoms with Gasteiger partial charge in [-0.2, -0.15) is 0 Å². The third-order valence-electron chi connectivity index (χ3n) is 2.46. The Labute approximate surface area is 92.8 Å². The van der Waals surface area contributed by atoms with E-state index in [2.05, 4.69) is 0 Å². The van der Waals surface area contributed by atoms with Crippen LogP contribution in [0, 0.1) is 5.82 Å². The molecule has 0 radical (unpaired) electrons. The number of rotatable bonds is 2. The molecule has 1 aromatic rings. The summed E-state index contributed by atoms with van der Waals surface area (Å²) in [4.78, 5) is 0. The maximum absolute atomic E-state index is 13.6. The molecule has 5 heteroatoms. The van der Waals surface area contributed by atoms with Gasteiger partial charge in [-0.15, -0.1) is 0 Å². The van der Waals surface area contributed by atoms with Crippen molar-refractivity contribution in [1.29, 1.82) is 0 Å². The van der Waals surface area contributed by atoms with Crippen molar-refractivity contribution in [3.05, 3.63) is 23.5 Å². The summed E-state index contributed by atoms with van der Waals surface area (Å²) < 4.78 is 24.4. The molecule has 0 aromatic heterocycles. The van der Waals surface area contributed by atoms with E-state index in [4.69, 9.17) is 20.3 Å². The number of halogens is 1. The minimum absolute atomic E-state index is 0.242. The normalized spacial score (nSPS) is 16.7. The molecule has 1 atom stereocenters. The fraction of sp³-hybridized carbons (Fsp3) is 0.455. The van der Waals surface area contributed by atoms with Crippen molar-refractivity contribution in [3.8, 4) is 11.5 Å². The number of hydrogen-bond acceptors (Lipinski definition) is 4. The zero-order chi connectivity index (χ0) is 11.5. The van der Waals surface area contributed by atoms with Crippen molar-refractivity contribution >= 4 is 0 Å². The van der Waals surface area contributed by atoms with Gasteiger partial charge in [-0.3, -0.25) is 0 Å². The summed E-state index contributed by atoms with van der Waals surface area (Å²) >= 11 is 0. The summed E-state index contributed by atoms with van der Waals surface area (Å²) in [6.07, 6.45) is 0.762. The maximum Gasteiger partial charge on any atom is 0.164 e. The summed E-state index contributed by atoms with van der Waals surface area (Å²) in [6, 6.07) is 2.01. The lowest BCUT2D eigenvalue weighted by Crippen LogP contribution is -2.16. The van der Waals surface area contributed by atoms with Gasteiger partial charge in [-0.05, 0) is 6.07 Å². The van der Waals surface area contributed by atoms with Crippen LogP contribution in [0.5, 0.6) is 11.5 Å². The molecule has 2 rings (SSSR count). The fourth-order valence-corrected chi connectivity index (χ4v) is 1.58. The zero-order valence-electron chi connectivity index (χ0n) is 8.78. The van der Waals surface area contributed by atoms with Crippen LogP contribution in [-0.4, -0.2) is 24.9 Å². The van der Waals surface area contributed by atoms with E-state index in [0.29, 0.717) is 24.7 Å². The second-order valence-corrected chi connectivity index (χ2v) is 3.66. The number of aliphatic hydroxyl groups is 1. The van der Waals surface area contributed by atoms with Crippen LogP contribution in [0.25, 0.3) is 0 Å². The van der Waals surface area contributed by atoms with E-state index in [-0.39, 0.29) is 12.2 Å². The summed E-state index contributed by atoms with van der Waals surface area (Å²) in [5.41, 5.74) is 5.82. The molecule has 0 aliphatic carbocycles. The molecule has 1 aliphatic rings. The van der Waals surface area contributed by atoms with E-state index in [1.807, 2.05) is 0 Å². The molecule has 0 bridgehead atoms. The Bertz CT molecular complexity index is 384. The SMILES string of the molecule is NC(CO)c1cc2c(cc1F)OCCCO2. The molecule has 88 valence electrons. The highest BCUT2D eigenvalue weighted by atomic mass is 19.1. The number of fused-ring (bicyclic) bond motifs is 1. The van der Waals surface area contributed by atoms with Gasteiger partial charge >= 0.3 is 0 Å². The van der Waals surface area contributed by atoms with Gasteiger partial charge in [-0.25, -0.2) is 4.39 Å². The first kappa shape index (κ1) is 11.2. The molecular weight excluding hydrogens is 213 g/mol. The molecule has 0 saturated carbocycles. The first-order valence-electron chi connectivity index (χ1n) is 5.18. The van der Waals surface area contributed by atoms with Crippen molar-refractivity contribution in [3.63, 3.8) is 0 Å². The van der Waals surface area contributed by atoms with Crippen LogP contribution in [0.1, 0.15) is 18.0 Å². The smallest absolute Gasteiger partial charge is 0.164 e. The van der Waals surface area contributed by atoms with Crippen LogP contribution < -0.4 is 15.2 Å². The molecule has 1 aromatic carbocycles. The highest BCUT2D eigenvalue weighted by Crippen LogP contribution is 2.33. The average Bonchev–Trinajstić information content (AvgIpc) is 2.51. The highest BCUT2D eigenvalue weighted by Gasteiger charge is 2.18. The summed E-state index contributed by atoms with van der Waals surface area (Å²) in [6.45, 7) is 0.737. The number of benzene rings is 1. The Morgan fingerprint density at radius 1 is 1.31 bits per heavy atom. The summed E-state index contributed by atoms with van der Waals surface area (Å²) in [5, 5.41) is 8.91. The Morgan fingerprint density at radius 3 is 2.56 bits per heavy atom. The van der Waals surface area contributed by atoms with Crippen molar-refractivity contribution in [2.24, 2.45) is 5.73 Å². The van der Waals surface area contributed by atoms with Crippen LogP contribution in [0.2, 0.25) is 0 Å². The van der Waals surface area contributed by atoms with Crippen LogP contribution in [0.4, 0.5) is 4.39 Å². The van der Waals surface area contributed by atoms with Crippen molar-refractivity contribution in [2.75, 3.05) is 19.8 Å². The standard InChI is InChI=1S/C11H14FNO3/c12-8-5-11-10(15-2-1-3-16-11)4-7(8)9(13)6-14/h4-5,9,14H,1-3,6,13H2. The van der Waals surface area contributed by atoms with Gasteiger partial charge in [0.1, 0.15) is 5.82 Å². The first-order valence-corrected chi connectivity index (χ1v) is 5.18. The summed E-state index contributed by atoms with van der Waals surface area (Å²) in [5.74, 6) is 0.396. The van der Waals surface area contributed by atoms with Gasteiger partial charge in [0.05, 0.1) is 25.9 Å². The van der Waals surface area contributed by atoms with E-state index in [1.54, 1.807) is 0 Å². The van der Waals surface area contributed by atoms with E-state index in [9.17, 15) is 4.39 Å². The molecule has 3 N–H and O–H groups in total. The van der Waals surface area contributed by atoms with Crippen molar-refractivity contribution in [1.82, 2.24) is 0 Å². The van der Waals surface area contributed by atoms with E-state index in [1.165, 1.54) is 12.1 Å². The quantitative estimate of drug-likeness (QED) is 0.790. The van der Waals surface area contributed by atoms with Crippen molar-refractivity contribution in [2.45, 2.75) is 12.5 Å². The Balaban J connectivity index is 2.38. The zero-order valence-corrected chi connectivity index (χ0v) is 8.78. The average molecular weight is 227 g/mol. The monoisotopic (exact) mass is 227 g/mol. The number of hydrogen-bond donors (Lipinski definition) is 2. The van der Waals surface area contributed by atoms with Gasteiger partial charge in [0.15, 0.2) is 11.5 Å². The third-order valence-corrected chi connectivity index (χ3v) is 2.46. The van der Waals surface area contributed by atoms with Gasteiger partial charge in [0.2, 0.25) is 0 Å². The van der Waals surface area contributed by atoms with Gasteiger partial charge in [-0.1, -0.05) is 0 Å². The lowest BCUT2D eigenvalue weighted by Gasteiger charge is -2.14. The molecule has 0 saturated heterocycles. The molecule has 1 heterocycles. The number of aliphatic hydroxyl groups excluding tert-OH is 1. The molecular formula is C11H14FNO3. The Hall–Kier alpha value is -1.33. The van der Waals surface area contributed by atoms with E-state index >= 15 is 0 Å². The second-order valence-electron chi connectivity index (χ2n) is 3.66. The third kappa shape index (κ3) is 2.10. The van der Waals surface area contributed by atoms with Crippen molar-refractivity contribution < 1.29 is 19.0 Å². The maximum atomic E-state index is 13.6. The number of nitrogens with two attached hydrogens (primary N) is 1. The number of ether oxygens (including phenoxy) is 2. The predicted octanol–water partition coefficient (Wildman–Crippen LogP) is 0.979. The summed E-state index contributed by atoms with van der Waals surface area (Å²) in [7, 11) is 0. The minimum Gasteiger partial charge on any atom is -0.490 e. The van der Waals surface area contributed by atoms with Crippen LogP contribution in [-0.2, 0) is 0 Å². The van der Waals surface area contributed by atoms with Gasteiger partial charge in [0.25, 0.3) is 0 Å². The topological polar surface area (TPSA) is 64.7 Å². The van der Waals surface area contributed by atoms with Crippen LogP contribution in [0.3, 0.4) is 0 Å². The van der Waals surface area contributed by atoms with E-state index in [0.717, 1.165) is 6.42 Å². The minimum atomic E-state index is -0.739. The first-order chi connectivity index (χ1) is 7.72.